The van der Waals surface area contributed by atoms with E-state index in [4.69, 9.17) is 19.7 Å². The lowest BCUT2D eigenvalue weighted by Crippen LogP contribution is -2.25. The summed E-state index contributed by atoms with van der Waals surface area (Å²) in [7, 11) is 1.69. The van der Waals surface area contributed by atoms with E-state index in [1.165, 1.54) is 4.88 Å². The Hall–Kier alpha value is -3.10. The minimum atomic E-state index is 0.170. The third-order valence-electron chi connectivity index (χ3n) is 5.72. The highest BCUT2D eigenvalue weighted by Gasteiger charge is 2.29. The molecule has 0 aliphatic carbocycles. The van der Waals surface area contributed by atoms with Gasteiger partial charge in [0.05, 0.1) is 18.8 Å². The topological polar surface area (TPSA) is 76.1 Å². The minimum absolute atomic E-state index is 0.170. The van der Waals surface area contributed by atoms with Gasteiger partial charge in [0, 0.05) is 34.8 Å². The average Bonchev–Trinajstić information content (AvgIpc) is 3.41. The number of rotatable bonds is 6. The summed E-state index contributed by atoms with van der Waals surface area (Å²) in [5, 5.41) is 5.27. The number of aryl methyl sites for hydroxylation is 2. The number of hydrogen-bond acceptors (Lipinski definition) is 8. The SMILES string of the molecule is COc1cccc2ccc(CN3CCCC3c3nc(C)cc(Nc4ncc(C)s4)n3)nc12. The van der Waals surface area contributed by atoms with Crippen LogP contribution in [0.1, 0.15) is 41.0 Å². The van der Waals surface area contributed by atoms with Crippen LogP contribution >= 0.6 is 11.3 Å². The molecule has 32 heavy (non-hydrogen) atoms. The van der Waals surface area contributed by atoms with E-state index in [0.29, 0.717) is 0 Å². The number of hydrogen-bond donors (Lipinski definition) is 1. The molecule has 7 nitrogen and oxygen atoms in total. The first kappa shape index (κ1) is 20.8. The number of pyridine rings is 1. The normalized spacial score (nSPS) is 16.5. The van der Waals surface area contributed by atoms with Crippen LogP contribution in [0.15, 0.2) is 42.6 Å². The number of nitrogens with one attached hydrogen (secondary N) is 1. The first-order valence-electron chi connectivity index (χ1n) is 10.8. The van der Waals surface area contributed by atoms with Crippen molar-refractivity contribution in [1.82, 2.24) is 24.8 Å². The standard InChI is InChI=1S/C24H26N6OS/c1-15-12-21(29-24-25-13-16(2)32-24)28-23(26-15)19-7-5-11-30(19)14-18-10-9-17-6-4-8-20(31-3)22(17)27-18/h4,6,8-10,12-13,19H,5,7,11,14H2,1-3H3,(H,25,26,28,29). The van der Waals surface area contributed by atoms with Crippen molar-refractivity contribution in [3.05, 3.63) is 64.7 Å². The molecule has 8 heteroatoms. The predicted molar refractivity (Wildman–Crippen MR) is 128 cm³/mol. The molecule has 4 aromatic rings. The molecule has 3 aromatic heterocycles. The Labute approximate surface area is 191 Å². The van der Waals surface area contributed by atoms with Gasteiger partial charge in [0.25, 0.3) is 0 Å². The van der Waals surface area contributed by atoms with Crippen LogP contribution in [-0.2, 0) is 6.54 Å². The number of anilines is 2. The molecule has 1 N–H and O–H groups in total. The fraction of sp³-hybridized carbons (Fsp3) is 0.333. The predicted octanol–water partition coefficient (Wildman–Crippen LogP) is 5.19. The third kappa shape index (κ3) is 4.28. The van der Waals surface area contributed by atoms with Gasteiger partial charge >= 0.3 is 0 Å². The summed E-state index contributed by atoms with van der Waals surface area (Å²) in [6, 6.07) is 12.4. The van der Waals surface area contributed by atoms with Crippen LogP contribution in [0.3, 0.4) is 0 Å². The number of fused-ring (bicyclic) bond motifs is 1. The van der Waals surface area contributed by atoms with Crippen LogP contribution in [0.5, 0.6) is 5.75 Å². The van der Waals surface area contributed by atoms with E-state index in [1.807, 2.05) is 38.2 Å². The largest absolute Gasteiger partial charge is 0.494 e. The highest BCUT2D eigenvalue weighted by molar-refractivity contribution is 7.15. The maximum Gasteiger partial charge on any atom is 0.188 e. The molecule has 164 valence electrons. The highest BCUT2D eigenvalue weighted by atomic mass is 32.1. The van der Waals surface area contributed by atoms with E-state index in [1.54, 1.807) is 18.4 Å². The van der Waals surface area contributed by atoms with Crippen molar-refractivity contribution in [2.45, 2.75) is 39.3 Å². The zero-order valence-electron chi connectivity index (χ0n) is 18.5. The Bertz CT molecular complexity index is 1260. The fourth-order valence-electron chi connectivity index (χ4n) is 4.26. The smallest absolute Gasteiger partial charge is 0.188 e. The molecular formula is C24H26N6OS. The molecule has 0 saturated carbocycles. The molecule has 1 unspecified atom stereocenters. The average molecular weight is 447 g/mol. The van der Waals surface area contributed by atoms with E-state index in [0.717, 1.165) is 70.7 Å². The van der Waals surface area contributed by atoms with E-state index in [-0.39, 0.29) is 6.04 Å². The molecule has 1 fully saturated rings. The molecule has 1 aliphatic rings. The van der Waals surface area contributed by atoms with Gasteiger partial charge < -0.3 is 10.1 Å². The first-order valence-corrected chi connectivity index (χ1v) is 11.6. The quantitative estimate of drug-likeness (QED) is 0.437. The highest BCUT2D eigenvalue weighted by Crippen LogP contribution is 2.33. The van der Waals surface area contributed by atoms with Crippen LogP contribution in [0.4, 0.5) is 10.9 Å². The summed E-state index contributed by atoms with van der Waals surface area (Å²) in [6.07, 6.45) is 4.02. The molecule has 0 amide bonds. The summed E-state index contributed by atoms with van der Waals surface area (Å²) in [5.41, 5.74) is 2.88. The van der Waals surface area contributed by atoms with Crippen molar-refractivity contribution in [2.75, 3.05) is 19.0 Å². The Morgan fingerprint density at radius 3 is 2.88 bits per heavy atom. The zero-order valence-corrected chi connectivity index (χ0v) is 19.3. The molecule has 4 heterocycles. The molecule has 1 atom stereocenters. The Morgan fingerprint density at radius 2 is 2.06 bits per heavy atom. The van der Waals surface area contributed by atoms with Gasteiger partial charge in [0.1, 0.15) is 22.9 Å². The minimum Gasteiger partial charge on any atom is -0.494 e. The lowest BCUT2D eigenvalue weighted by atomic mass is 10.1. The summed E-state index contributed by atoms with van der Waals surface area (Å²) >= 11 is 1.62. The van der Waals surface area contributed by atoms with E-state index >= 15 is 0 Å². The number of para-hydroxylation sites is 1. The molecule has 0 bridgehead atoms. The number of aromatic nitrogens is 4. The lowest BCUT2D eigenvalue weighted by molar-refractivity contribution is 0.237. The van der Waals surface area contributed by atoms with Crippen molar-refractivity contribution >= 4 is 33.2 Å². The number of ether oxygens (including phenoxy) is 1. The van der Waals surface area contributed by atoms with E-state index < -0.39 is 0 Å². The number of benzene rings is 1. The van der Waals surface area contributed by atoms with E-state index in [9.17, 15) is 0 Å². The Balaban J connectivity index is 1.39. The molecule has 0 spiro atoms. The number of thiazole rings is 1. The second-order valence-electron chi connectivity index (χ2n) is 8.12. The van der Waals surface area contributed by atoms with Crippen LogP contribution in [0.25, 0.3) is 10.9 Å². The number of nitrogens with zero attached hydrogens (tertiary/aromatic N) is 5. The maximum absolute atomic E-state index is 5.51. The Morgan fingerprint density at radius 1 is 1.16 bits per heavy atom. The summed E-state index contributed by atoms with van der Waals surface area (Å²) in [6.45, 7) is 5.82. The van der Waals surface area contributed by atoms with Crippen LogP contribution in [-0.4, -0.2) is 38.5 Å². The van der Waals surface area contributed by atoms with Crippen molar-refractivity contribution in [3.8, 4) is 5.75 Å². The van der Waals surface area contributed by atoms with Gasteiger partial charge in [-0.3, -0.25) is 4.90 Å². The lowest BCUT2D eigenvalue weighted by Gasteiger charge is -2.23. The monoisotopic (exact) mass is 446 g/mol. The molecule has 1 saturated heterocycles. The molecule has 1 aromatic carbocycles. The van der Waals surface area contributed by atoms with Crippen molar-refractivity contribution in [2.24, 2.45) is 0 Å². The van der Waals surface area contributed by atoms with Crippen molar-refractivity contribution in [3.63, 3.8) is 0 Å². The van der Waals surface area contributed by atoms with Gasteiger partial charge in [-0.25, -0.2) is 19.9 Å². The summed E-state index contributed by atoms with van der Waals surface area (Å²) in [4.78, 5) is 22.5. The van der Waals surface area contributed by atoms with Gasteiger partial charge in [-0.15, -0.1) is 11.3 Å². The van der Waals surface area contributed by atoms with Gasteiger partial charge in [-0.1, -0.05) is 18.2 Å². The molecular weight excluding hydrogens is 420 g/mol. The zero-order chi connectivity index (χ0) is 22.1. The van der Waals surface area contributed by atoms with Crippen LogP contribution in [0.2, 0.25) is 0 Å². The Kier molecular flexibility index (Phi) is 5.71. The van der Waals surface area contributed by atoms with Crippen molar-refractivity contribution < 1.29 is 4.74 Å². The number of methoxy groups -OCH3 is 1. The van der Waals surface area contributed by atoms with Gasteiger partial charge in [0.2, 0.25) is 0 Å². The molecule has 0 radical (unpaired) electrons. The van der Waals surface area contributed by atoms with Crippen LogP contribution in [0, 0.1) is 13.8 Å². The third-order valence-corrected chi connectivity index (χ3v) is 6.54. The fourth-order valence-corrected chi connectivity index (χ4v) is 4.93. The maximum atomic E-state index is 5.51. The number of likely N-dealkylation sites (tertiary alicyclic amines) is 1. The second kappa shape index (κ2) is 8.80. The first-order chi connectivity index (χ1) is 15.6. The van der Waals surface area contributed by atoms with Gasteiger partial charge in [0.15, 0.2) is 5.13 Å². The summed E-state index contributed by atoms with van der Waals surface area (Å²) in [5.74, 6) is 2.45. The van der Waals surface area contributed by atoms with Crippen molar-refractivity contribution in [1.29, 1.82) is 0 Å². The van der Waals surface area contributed by atoms with Gasteiger partial charge in [-0.05, 0) is 45.4 Å². The second-order valence-corrected chi connectivity index (χ2v) is 9.35. The van der Waals surface area contributed by atoms with Crippen LogP contribution < -0.4 is 10.1 Å². The summed E-state index contributed by atoms with van der Waals surface area (Å²) < 4.78 is 5.51. The molecule has 5 rings (SSSR count). The van der Waals surface area contributed by atoms with Gasteiger partial charge in [-0.2, -0.15) is 0 Å². The van der Waals surface area contributed by atoms with E-state index in [2.05, 4.69) is 33.4 Å². The molecule has 1 aliphatic heterocycles.